The number of amides is 1. The van der Waals surface area contributed by atoms with Gasteiger partial charge in [-0.3, -0.25) is 24.3 Å². The summed E-state index contributed by atoms with van der Waals surface area (Å²) in [6.07, 6.45) is 5.07. The van der Waals surface area contributed by atoms with E-state index in [2.05, 4.69) is 9.97 Å². The molecule has 0 bridgehead atoms. The molecular formula is C25H28N7O3+. The molecule has 1 saturated heterocycles. The van der Waals surface area contributed by atoms with E-state index in [1.54, 1.807) is 28.9 Å². The zero-order valence-electron chi connectivity index (χ0n) is 19.7. The zero-order chi connectivity index (χ0) is 24.9. The lowest BCUT2D eigenvalue weighted by Crippen LogP contribution is -2.44. The fraction of sp³-hybridized carbons (Fsp3) is 0.320. The van der Waals surface area contributed by atoms with Crippen LogP contribution >= 0.6 is 0 Å². The molecular weight excluding hydrogens is 446 g/mol. The van der Waals surface area contributed by atoms with Crippen LogP contribution in [0.4, 0.5) is 5.82 Å². The Balaban J connectivity index is 1.63. The molecule has 10 heteroatoms. The van der Waals surface area contributed by atoms with Crippen molar-refractivity contribution in [1.82, 2.24) is 24.0 Å². The number of carbonyl (C=O) groups excluding carboxylic acids is 1. The molecule has 5 rings (SSSR count). The number of aliphatic hydroxyl groups is 1. The van der Waals surface area contributed by atoms with Crippen LogP contribution in [0.3, 0.4) is 0 Å². The highest BCUT2D eigenvalue weighted by molar-refractivity contribution is 6.04. The van der Waals surface area contributed by atoms with E-state index in [0.717, 1.165) is 33.1 Å². The molecule has 1 aliphatic rings. The van der Waals surface area contributed by atoms with Gasteiger partial charge in [-0.1, -0.05) is 6.07 Å². The molecule has 3 aromatic heterocycles. The molecule has 1 atom stereocenters. The molecule has 1 amide bonds. The number of nitrogens with zero attached hydrogens (tertiary/aromatic N) is 5. The highest BCUT2D eigenvalue weighted by atomic mass is 16.3. The van der Waals surface area contributed by atoms with E-state index in [0.29, 0.717) is 37.3 Å². The molecule has 0 unspecified atom stereocenters. The minimum Gasteiger partial charge on any atom is -0.384 e. The largest absolute Gasteiger partial charge is 0.384 e. The number of hydrogen-bond donors (Lipinski definition) is 3. The first-order valence-corrected chi connectivity index (χ1v) is 11.6. The normalized spacial score (nSPS) is 15.6. The third-order valence-corrected chi connectivity index (χ3v) is 6.88. The van der Waals surface area contributed by atoms with Crippen LogP contribution in [0.15, 0.2) is 41.5 Å². The SMILES string of the molecule is C[C@@H](O)C(=O)N1CCC(n2c(=O)n(C)c3cnc4ccc(-c5cnc(N)c(C=[NH2+])c5)cc4c32)CC1. The van der Waals surface area contributed by atoms with Gasteiger partial charge in [-0.05, 0) is 43.5 Å². The molecule has 0 aliphatic carbocycles. The molecule has 4 aromatic rings. The van der Waals surface area contributed by atoms with Gasteiger partial charge in [0.25, 0.3) is 5.91 Å². The Hall–Kier alpha value is -4.05. The van der Waals surface area contributed by atoms with E-state index in [4.69, 9.17) is 11.1 Å². The van der Waals surface area contributed by atoms with E-state index >= 15 is 0 Å². The van der Waals surface area contributed by atoms with Gasteiger partial charge in [-0.2, -0.15) is 0 Å². The van der Waals surface area contributed by atoms with Gasteiger partial charge in [0, 0.05) is 43.3 Å². The van der Waals surface area contributed by atoms with Crippen molar-refractivity contribution in [2.45, 2.75) is 31.9 Å². The Bertz CT molecular complexity index is 1530. The number of aromatic nitrogens is 4. The average molecular weight is 475 g/mol. The van der Waals surface area contributed by atoms with Crippen LogP contribution in [0.1, 0.15) is 31.4 Å². The van der Waals surface area contributed by atoms with Gasteiger partial charge in [0.1, 0.15) is 11.9 Å². The number of piperidine rings is 1. The summed E-state index contributed by atoms with van der Waals surface area (Å²) < 4.78 is 3.46. The zero-order valence-corrected chi connectivity index (χ0v) is 19.7. The number of anilines is 1. The number of aryl methyl sites for hydroxylation is 1. The number of benzene rings is 1. The second-order valence-electron chi connectivity index (χ2n) is 9.03. The predicted octanol–water partition coefficient (Wildman–Crippen LogP) is 0.255. The maximum Gasteiger partial charge on any atom is 0.329 e. The number of imidazole rings is 1. The summed E-state index contributed by atoms with van der Waals surface area (Å²) >= 11 is 0. The average Bonchev–Trinajstić information content (AvgIpc) is 3.13. The van der Waals surface area contributed by atoms with Crippen LogP contribution in [0.25, 0.3) is 33.1 Å². The number of likely N-dealkylation sites (tertiary alicyclic amines) is 1. The molecule has 10 nitrogen and oxygen atoms in total. The first-order chi connectivity index (χ1) is 16.8. The quantitative estimate of drug-likeness (QED) is 0.362. The number of fused-ring (bicyclic) bond motifs is 3. The highest BCUT2D eigenvalue weighted by Crippen LogP contribution is 2.32. The number of hydrogen-bond acceptors (Lipinski definition) is 6. The van der Waals surface area contributed by atoms with Gasteiger partial charge in [0.2, 0.25) is 0 Å². The standard InChI is InChI=1S/C25H27N7O3/c1-14(33)24(34)31-7-5-18(6-8-31)32-22-19-10-15(17-9-16(11-26)23(27)29-12-17)3-4-20(19)28-13-21(22)30(2)25(32)35/h3-4,9-14,18,26,33H,5-8H2,1-2H3,(H2,27,29)/p+1/t14-/m1/s1. The Morgan fingerprint density at radius 1 is 1.20 bits per heavy atom. The monoisotopic (exact) mass is 474 g/mol. The van der Waals surface area contributed by atoms with Gasteiger partial charge in [-0.25, -0.2) is 9.78 Å². The van der Waals surface area contributed by atoms with Crippen molar-refractivity contribution in [2.24, 2.45) is 7.05 Å². The van der Waals surface area contributed by atoms with Crippen LogP contribution in [-0.2, 0) is 11.8 Å². The number of carbonyl (C=O) groups is 1. The van der Waals surface area contributed by atoms with Crippen molar-refractivity contribution < 1.29 is 15.3 Å². The van der Waals surface area contributed by atoms with Crippen LogP contribution in [0.5, 0.6) is 0 Å². The van der Waals surface area contributed by atoms with Gasteiger partial charge in [0.15, 0.2) is 6.21 Å². The summed E-state index contributed by atoms with van der Waals surface area (Å²) in [6, 6.07) is 7.71. The minimum absolute atomic E-state index is 0.0739. The van der Waals surface area contributed by atoms with Crippen LogP contribution < -0.4 is 16.8 Å². The Kier molecular flexibility index (Phi) is 5.60. The topological polar surface area (TPSA) is 145 Å². The molecule has 1 aromatic carbocycles. The van der Waals surface area contributed by atoms with Gasteiger partial charge >= 0.3 is 5.69 Å². The number of aliphatic hydroxyl groups excluding tert-OH is 1. The van der Waals surface area contributed by atoms with Gasteiger partial charge in [0.05, 0.1) is 28.3 Å². The maximum atomic E-state index is 13.4. The lowest BCUT2D eigenvalue weighted by atomic mass is 10.0. The van der Waals surface area contributed by atoms with E-state index in [9.17, 15) is 14.7 Å². The first-order valence-electron chi connectivity index (χ1n) is 11.6. The lowest BCUT2D eigenvalue weighted by Gasteiger charge is -2.33. The summed E-state index contributed by atoms with van der Waals surface area (Å²) in [5, 5.41) is 16.2. The van der Waals surface area contributed by atoms with Crippen LogP contribution in [0.2, 0.25) is 0 Å². The smallest absolute Gasteiger partial charge is 0.329 e. The number of nitrogen functional groups attached to an aromatic ring is 1. The minimum atomic E-state index is -1.03. The molecule has 1 fully saturated rings. The van der Waals surface area contributed by atoms with Crippen molar-refractivity contribution >= 4 is 39.9 Å². The van der Waals surface area contributed by atoms with Crippen molar-refractivity contribution in [3.05, 3.63) is 52.7 Å². The lowest BCUT2D eigenvalue weighted by molar-refractivity contribution is -0.140. The third kappa shape index (κ3) is 3.75. The molecule has 4 heterocycles. The number of nitrogens with two attached hydrogens (primary N) is 2. The van der Waals surface area contributed by atoms with Crippen molar-refractivity contribution in [3.8, 4) is 11.1 Å². The summed E-state index contributed by atoms with van der Waals surface area (Å²) in [6.45, 7) is 2.45. The number of rotatable bonds is 4. The maximum absolute atomic E-state index is 13.4. The van der Waals surface area contributed by atoms with Crippen molar-refractivity contribution in [3.63, 3.8) is 0 Å². The fourth-order valence-corrected chi connectivity index (χ4v) is 4.94. The molecule has 35 heavy (non-hydrogen) atoms. The Morgan fingerprint density at radius 2 is 1.94 bits per heavy atom. The molecule has 0 saturated carbocycles. The molecule has 1 aliphatic heterocycles. The molecule has 0 radical (unpaired) electrons. The molecule has 180 valence electrons. The number of pyridine rings is 2. The Morgan fingerprint density at radius 3 is 2.63 bits per heavy atom. The molecule has 5 N–H and O–H groups in total. The molecule has 0 spiro atoms. The van der Waals surface area contributed by atoms with Crippen molar-refractivity contribution in [2.75, 3.05) is 18.8 Å². The van der Waals surface area contributed by atoms with E-state index < -0.39 is 6.10 Å². The summed E-state index contributed by atoms with van der Waals surface area (Å²) in [7, 11) is 1.75. The fourth-order valence-electron chi connectivity index (χ4n) is 4.94. The second kappa shape index (κ2) is 8.62. The van der Waals surface area contributed by atoms with Crippen LogP contribution in [0, 0.1) is 0 Å². The van der Waals surface area contributed by atoms with Gasteiger partial charge < -0.3 is 15.7 Å². The third-order valence-electron chi connectivity index (χ3n) is 6.88. The summed E-state index contributed by atoms with van der Waals surface area (Å²) in [5.74, 6) is 0.0811. The predicted molar refractivity (Wildman–Crippen MR) is 134 cm³/mol. The van der Waals surface area contributed by atoms with Crippen LogP contribution in [-0.4, -0.2) is 60.4 Å². The Labute approximate surface area is 201 Å². The van der Waals surface area contributed by atoms with Gasteiger partial charge in [-0.15, -0.1) is 0 Å². The summed E-state index contributed by atoms with van der Waals surface area (Å²) in [4.78, 5) is 36.1. The van der Waals surface area contributed by atoms with E-state index in [1.165, 1.54) is 13.1 Å². The second-order valence-corrected chi connectivity index (χ2v) is 9.03. The summed E-state index contributed by atoms with van der Waals surface area (Å²) in [5.41, 5.74) is 10.5. The first kappa shape index (κ1) is 22.7. The highest BCUT2D eigenvalue weighted by Gasteiger charge is 2.29. The van der Waals surface area contributed by atoms with E-state index in [-0.39, 0.29) is 17.6 Å². The van der Waals surface area contributed by atoms with E-state index in [1.807, 2.05) is 28.8 Å². The van der Waals surface area contributed by atoms with Crippen molar-refractivity contribution in [1.29, 1.82) is 0 Å².